The van der Waals surface area contributed by atoms with Crippen molar-refractivity contribution < 1.29 is 4.39 Å². The van der Waals surface area contributed by atoms with E-state index in [1.807, 2.05) is 0 Å². The Morgan fingerprint density at radius 2 is 1.95 bits per heavy atom. The number of hydrogen-bond acceptors (Lipinski definition) is 4. The van der Waals surface area contributed by atoms with Crippen LogP contribution in [0.3, 0.4) is 0 Å². The molecule has 0 unspecified atom stereocenters. The first kappa shape index (κ1) is 11.9. The van der Waals surface area contributed by atoms with Crippen molar-refractivity contribution in [2.24, 2.45) is 7.05 Å². The van der Waals surface area contributed by atoms with Crippen molar-refractivity contribution in [3.05, 3.63) is 41.6 Å². The second-order valence-corrected chi connectivity index (χ2v) is 4.32. The highest BCUT2D eigenvalue weighted by atomic mass is 35.5. The quantitative estimate of drug-likeness (QED) is 0.732. The molecule has 1 aromatic carbocycles. The van der Waals surface area contributed by atoms with Gasteiger partial charge in [-0.05, 0) is 35.9 Å². The molecule has 1 N–H and O–H groups in total. The molecule has 5 nitrogen and oxygen atoms in total. The van der Waals surface area contributed by atoms with E-state index in [0.717, 1.165) is 5.39 Å². The normalized spacial score (nSPS) is 10.9. The molecule has 0 radical (unpaired) electrons. The lowest BCUT2D eigenvalue weighted by Gasteiger charge is -2.06. The Morgan fingerprint density at radius 3 is 2.68 bits per heavy atom. The summed E-state index contributed by atoms with van der Waals surface area (Å²) in [5.41, 5.74) is 1.34. The number of fused-ring (bicyclic) bond motifs is 1. The lowest BCUT2D eigenvalue weighted by Crippen LogP contribution is -1.98. The van der Waals surface area contributed by atoms with Crippen molar-refractivity contribution in [3.63, 3.8) is 0 Å². The van der Waals surface area contributed by atoms with Gasteiger partial charge in [-0.3, -0.25) is 4.68 Å². The van der Waals surface area contributed by atoms with Crippen LogP contribution in [0.25, 0.3) is 11.0 Å². The van der Waals surface area contributed by atoms with Gasteiger partial charge >= 0.3 is 0 Å². The molecule has 0 saturated heterocycles. The third-order valence-corrected chi connectivity index (χ3v) is 2.84. The highest BCUT2D eigenvalue weighted by molar-refractivity contribution is 6.28. The van der Waals surface area contributed by atoms with Crippen LogP contribution in [0.1, 0.15) is 0 Å². The highest BCUT2D eigenvalue weighted by Crippen LogP contribution is 2.24. The molecule has 7 heteroatoms. The summed E-state index contributed by atoms with van der Waals surface area (Å²) in [6.07, 6.45) is 1.65. The smallest absolute Gasteiger partial charge is 0.226 e. The monoisotopic (exact) mass is 277 g/mol. The van der Waals surface area contributed by atoms with Crippen molar-refractivity contribution in [2.45, 2.75) is 0 Å². The molecule has 0 aliphatic heterocycles. The molecular formula is C12H9ClFN5. The first-order valence-electron chi connectivity index (χ1n) is 5.51. The van der Waals surface area contributed by atoms with E-state index in [0.29, 0.717) is 17.2 Å². The van der Waals surface area contributed by atoms with Gasteiger partial charge in [0, 0.05) is 12.7 Å². The van der Waals surface area contributed by atoms with Gasteiger partial charge in [0.1, 0.15) is 11.6 Å². The summed E-state index contributed by atoms with van der Waals surface area (Å²) in [4.78, 5) is 8.23. The second kappa shape index (κ2) is 4.47. The summed E-state index contributed by atoms with van der Waals surface area (Å²) in [6.45, 7) is 0. The number of hydrogen-bond donors (Lipinski definition) is 1. The van der Waals surface area contributed by atoms with Gasteiger partial charge in [-0.15, -0.1) is 0 Å². The second-order valence-electron chi connectivity index (χ2n) is 3.98. The van der Waals surface area contributed by atoms with Gasteiger partial charge in [0.05, 0.1) is 11.6 Å². The third-order valence-electron chi connectivity index (χ3n) is 2.67. The van der Waals surface area contributed by atoms with Crippen molar-refractivity contribution in [1.29, 1.82) is 0 Å². The number of rotatable bonds is 2. The predicted octanol–water partition coefficient (Wildman–Crippen LogP) is 2.90. The fourth-order valence-corrected chi connectivity index (χ4v) is 1.93. The molecule has 0 atom stereocenters. The molecule has 2 heterocycles. The van der Waals surface area contributed by atoms with Gasteiger partial charge in [0.2, 0.25) is 5.28 Å². The third kappa shape index (κ3) is 2.22. The summed E-state index contributed by atoms with van der Waals surface area (Å²) < 4.78 is 14.5. The van der Waals surface area contributed by atoms with Crippen molar-refractivity contribution in [2.75, 3.05) is 5.32 Å². The number of anilines is 2. The van der Waals surface area contributed by atoms with Crippen LogP contribution in [0.4, 0.5) is 15.9 Å². The Balaban J connectivity index is 2.07. The van der Waals surface area contributed by atoms with E-state index in [1.165, 1.54) is 12.1 Å². The van der Waals surface area contributed by atoms with Gasteiger partial charge in [-0.2, -0.15) is 15.1 Å². The van der Waals surface area contributed by atoms with Crippen molar-refractivity contribution in [3.8, 4) is 0 Å². The van der Waals surface area contributed by atoms with Gasteiger partial charge in [0.25, 0.3) is 0 Å². The Morgan fingerprint density at radius 1 is 1.21 bits per heavy atom. The Hall–Kier alpha value is -2.21. The first-order valence-corrected chi connectivity index (χ1v) is 5.89. The summed E-state index contributed by atoms with van der Waals surface area (Å²) in [5.74, 6) is 0.243. The Kier molecular flexibility index (Phi) is 2.79. The van der Waals surface area contributed by atoms with Crippen LogP contribution in [0, 0.1) is 5.82 Å². The molecule has 0 aliphatic rings. The molecular weight excluding hydrogens is 269 g/mol. The summed E-state index contributed by atoms with van der Waals surface area (Å²) in [5, 5.41) is 8.05. The van der Waals surface area contributed by atoms with Gasteiger partial charge in [-0.1, -0.05) is 0 Å². The number of nitrogens with one attached hydrogen (secondary N) is 1. The molecule has 0 aliphatic carbocycles. The lowest BCUT2D eigenvalue weighted by atomic mass is 10.3. The average molecular weight is 278 g/mol. The maximum absolute atomic E-state index is 12.9. The molecule has 2 aromatic heterocycles. The Labute approximate surface area is 113 Å². The van der Waals surface area contributed by atoms with Crippen molar-refractivity contribution in [1.82, 2.24) is 19.7 Å². The maximum atomic E-state index is 12.9. The van der Waals surface area contributed by atoms with Crippen LogP contribution >= 0.6 is 11.6 Å². The van der Waals surface area contributed by atoms with Crippen LogP contribution in [-0.4, -0.2) is 19.7 Å². The molecule has 0 saturated carbocycles. The SMILES string of the molecule is Cn1ncc2c(Nc3ccc(F)cc3)nc(Cl)nc21. The number of halogens is 2. The van der Waals surface area contributed by atoms with E-state index in [2.05, 4.69) is 20.4 Å². The molecule has 0 fully saturated rings. The lowest BCUT2D eigenvalue weighted by molar-refractivity contribution is 0.628. The van der Waals surface area contributed by atoms with Gasteiger partial charge < -0.3 is 5.32 Å². The fraction of sp³-hybridized carbons (Fsp3) is 0.0833. The molecule has 96 valence electrons. The topological polar surface area (TPSA) is 55.6 Å². The van der Waals surface area contributed by atoms with E-state index in [4.69, 9.17) is 11.6 Å². The summed E-state index contributed by atoms with van der Waals surface area (Å²) >= 11 is 5.88. The minimum Gasteiger partial charge on any atom is -0.339 e. The Bertz CT molecular complexity index is 738. The molecule has 19 heavy (non-hydrogen) atoms. The fourth-order valence-electron chi connectivity index (χ4n) is 1.76. The van der Waals surface area contributed by atoms with E-state index in [1.54, 1.807) is 30.1 Å². The standard InChI is InChI=1S/C12H9ClFN5/c1-19-11-9(6-15-19)10(17-12(13)18-11)16-8-4-2-7(14)3-5-8/h2-6H,1H3,(H,16,17,18). The number of nitrogens with zero attached hydrogens (tertiary/aromatic N) is 4. The van der Waals surface area contributed by atoms with Gasteiger partial charge in [0.15, 0.2) is 5.65 Å². The highest BCUT2D eigenvalue weighted by Gasteiger charge is 2.10. The summed E-state index contributed by atoms with van der Waals surface area (Å²) in [7, 11) is 1.77. The minimum atomic E-state index is -0.294. The number of aromatic nitrogens is 4. The number of benzene rings is 1. The largest absolute Gasteiger partial charge is 0.339 e. The van der Waals surface area contributed by atoms with Crippen LogP contribution < -0.4 is 5.32 Å². The van der Waals surface area contributed by atoms with Crippen LogP contribution in [-0.2, 0) is 7.05 Å². The minimum absolute atomic E-state index is 0.126. The van der Waals surface area contributed by atoms with E-state index >= 15 is 0 Å². The average Bonchev–Trinajstić information content (AvgIpc) is 2.74. The molecule has 3 aromatic rings. The van der Waals surface area contributed by atoms with Crippen molar-refractivity contribution >= 4 is 34.1 Å². The van der Waals surface area contributed by atoms with E-state index < -0.39 is 0 Å². The number of aryl methyl sites for hydroxylation is 1. The molecule has 0 amide bonds. The van der Waals surface area contributed by atoms with Crippen LogP contribution in [0.5, 0.6) is 0 Å². The molecule has 0 bridgehead atoms. The summed E-state index contributed by atoms with van der Waals surface area (Å²) in [6, 6.07) is 5.97. The van der Waals surface area contributed by atoms with Crippen LogP contribution in [0.15, 0.2) is 30.5 Å². The zero-order valence-electron chi connectivity index (χ0n) is 9.93. The van der Waals surface area contributed by atoms with E-state index in [9.17, 15) is 4.39 Å². The predicted molar refractivity (Wildman–Crippen MR) is 71.0 cm³/mol. The van der Waals surface area contributed by atoms with Crippen LogP contribution in [0.2, 0.25) is 5.28 Å². The molecule has 3 rings (SSSR count). The van der Waals surface area contributed by atoms with Gasteiger partial charge in [-0.25, -0.2) is 4.39 Å². The maximum Gasteiger partial charge on any atom is 0.226 e. The first-order chi connectivity index (χ1) is 9.13. The zero-order chi connectivity index (χ0) is 13.4. The zero-order valence-corrected chi connectivity index (χ0v) is 10.7. The molecule has 0 spiro atoms. The van der Waals surface area contributed by atoms with E-state index in [-0.39, 0.29) is 11.1 Å².